The molecule has 2 heterocycles. The highest BCUT2D eigenvalue weighted by molar-refractivity contribution is 5.95. The third-order valence-electron chi connectivity index (χ3n) is 3.16. The zero-order chi connectivity index (χ0) is 15.2. The van der Waals surface area contributed by atoms with Crippen molar-refractivity contribution in [3.63, 3.8) is 0 Å². The zero-order valence-electron chi connectivity index (χ0n) is 12.2. The molecule has 0 aliphatic carbocycles. The first-order chi connectivity index (χ1) is 10.1. The third-order valence-corrected chi connectivity index (χ3v) is 3.16. The van der Waals surface area contributed by atoms with Crippen molar-refractivity contribution in [3.8, 4) is 0 Å². The Kier molecular flexibility index (Phi) is 4.71. The maximum Gasteiger partial charge on any atom is 0.188 e. The molecule has 0 saturated heterocycles. The summed E-state index contributed by atoms with van der Waals surface area (Å²) in [6, 6.07) is 9.67. The van der Waals surface area contributed by atoms with Crippen molar-refractivity contribution >= 4 is 11.5 Å². The first kappa shape index (κ1) is 14.8. The number of anilines is 1. The van der Waals surface area contributed by atoms with Gasteiger partial charge in [0.1, 0.15) is 5.69 Å². The van der Waals surface area contributed by atoms with Crippen molar-refractivity contribution in [2.24, 2.45) is 10.9 Å². The van der Waals surface area contributed by atoms with Gasteiger partial charge in [0.2, 0.25) is 0 Å². The maximum atomic E-state index is 8.74. The Balaban J connectivity index is 2.25. The lowest BCUT2D eigenvalue weighted by atomic mass is 10.2. The van der Waals surface area contributed by atoms with Gasteiger partial charge in [0.15, 0.2) is 5.84 Å². The van der Waals surface area contributed by atoms with Crippen LogP contribution in [-0.2, 0) is 6.54 Å². The lowest BCUT2D eigenvalue weighted by Crippen LogP contribution is -2.24. The third kappa shape index (κ3) is 3.68. The first-order valence-corrected chi connectivity index (χ1v) is 6.75. The Morgan fingerprint density at radius 2 is 2.19 bits per heavy atom. The minimum absolute atomic E-state index is 0.00147. The molecule has 0 atom stereocenters. The fourth-order valence-corrected chi connectivity index (χ4v) is 2.08. The minimum Gasteiger partial charge on any atom is -0.409 e. The highest BCUT2D eigenvalue weighted by Crippen LogP contribution is 2.17. The largest absolute Gasteiger partial charge is 0.409 e. The molecular weight excluding hydrogens is 266 g/mol. The number of rotatable bonds is 5. The smallest absolute Gasteiger partial charge is 0.188 e. The number of aromatic nitrogens is 2. The molecule has 21 heavy (non-hydrogen) atoms. The van der Waals surface area contributed by atoms with Gasteiger partial charge in [-0.1, -0.05) is 11.2 Å². The lowest BCUT2D eigenvalue weighted by Gasteiger charge is -2.23. The van der Waals surface area contributed by atoms with E-state index in [9.17, 15) is 0 Å². The summed E-state index contributed by atoms with van der Waals surface area (Å²) in [7, 11) is 0. The van der Waals surface area contributed by atoms with E-state index in [1.807, 2.05) is 31.2 Å². The van der Waals surface area contributed by atoms with Crippen LogP contribution in [-0.4, -0.2) is 27.6 Å². The van der Waals surface area contributed by atoms with Crippen LogP contribution in [0.2, 0.25) is 0 Å². The van der Waals surface area contributed by atoms with E-state index in [1.54, 1.807) is 12.3 Å². The molecule has 0 bridgehead atoms. The van der Waals surface area contributed by atoms with Gasteiger partial charge in [-0.2, -0.15) is 0 Å². The van der Waals surface area contributed by atoms with Gasteiger partial charge in [0, 0.05) is 24.1 Å². The van der Waals surface area contributed by atoms with E-state index in [4.69, 9.17) is 10.9 Å². The monoisotopic (exact) mass is 285 g/mol. The van der Waals surface area contributed by atoms with Crippen LogP contribution in [0, 0.1) is 6.92 Å². The summed E-state index contributed by atoms with van der Waals surface area (Å²) in [6.45, 7) is 5.55. The zero-order valence-corrected chi connectivity index (χ0v) is 12.2. The molecule has 110 valence electrons. The SMILES string of the molecule is CCN(Cc1cccc(C)n1)c1ccnc(/C(N)=N/O)c1. The fraction of sp³-hybridized carbons (Fsp3) is 0.267. The summed E-state index contributed by atoms with van der Waals surface area (Å²) >= 11 is 0. The maximum absolute atomic E-state index is 8.74. The predicted octanol–water partition coefficient (Wildman–Crippen LogP) is 1.91. The fourth-order valence-electron chi connectivity index (χ4n) is 2.08. The highest BCUT2D eigenvalue weighted by atomic mass is 16.4. The second-order valence-corrected chi connectivity index (χ2v) is 4.67. The van der Waals surface area contributed by atoms with E-state index in [1.165, 1.54) is 0 Å². The number of nitrogens with zero attached hydrogens (tertiary/aromatic N) is 4. The van der Waals surface area contributed by atoms with Crippen LogP contribution in [0.15, 0.2) is 41.7 Å². The molecular formula is C15H19N5O. The topological polar surface area (TPSA) is 87.6 Å². The molecule has 2 rings (SSSR count). The minimum atomic E-state index is 0.00147. The van der Waals surface area contributed by atoms with Crippen molar-refractivity contribution in [2.75, 3.05) is 11.4 Å². The molecule has 0 unspecified atom stereocenters. The highest BCUT2D eigenvalue weighted by Gasteiger charge is 2.09. The van der Waals surface area contributed by atoms with Crippen LogP contribution in [0.3, 0.4) is 0 Å². The molecule has 0 saturated carbocycles. The van der Waals surface area contributed by atoms with Crippen LogP contribution in [0.25, 0.3) is 0 Å². The van der Waals surface area contributed by atoms with Gasteiger partial charge in [-0.15, -0.1) is 0 Å². The quantitative estimate of drug-likeness (QED) is 0.379. The van der Waals surface area contributed by atoms with E-state index in [0.717, 1.165) is 23.6 Å². The Bertz CT molecular complexity index is 641. The summed E-state index contributed by atoms with van der Waals surface area (Å²) in [5, 5.41) is 11.7. The average Bonchev–Trinajstić information content (AvgIpc) is 2.52. The van der Waals surface area contributed by atoms with Gasteiger partial charge in [-0.05, 0) is 38.1 Å². The summed E-state index contributed by atoms with van der Waals surface area (Å²) in [5.74, 6) is 0.00147. The average molecular weight is 285 g/mol. The molecule has 2 aromatic heterocycles. The summed E-state index contributed by atoms with van der Waals surface area (Å²) in [4.78, 5) is 10.8. The lowest BCUT2D eigenvalue weighted by molar-refractivity contribution is 0.318. The van der Waals surface area contributed by atoms with E-state index in [0.29, 0.717) is 12.2 Å². The molecule has 0 aromatic carbocycles. The first-order valence-electron chi connectivity index (χ1n) is 6.75. The molecule has 2 aromatic rings. The Morgan fingerprint density at radius 3 is 2.86 bits per heavy atom. The number of hydrogen-bond acceptors (Lipinski definition) is 5. The van der Waals surface area contributed by atoms with E-state index in [2.05, 4.69) is 26.9 Å². The molecule has 0 spiro atoms. The summed E-state index contributed by atoms with van der Waals surface area (Å²) in [6.07, 6.45) is 1.65. The normalized spacial score (nSPS) is 11.4. The van der Waals surface area contributed by atoms with Crippen molar-refractivity contribution in [1.29, 1.82) is 0 Å². The molecule has 3 N–H and O–H groups in total. The Labute approximate surface area is 123 Å². The van der Waals surface area contributed by atoms with Crippen molar-refractivity contribution in [3.05, 3.63) is 53.6 Å². The number of amidine groups is 1. The Morgan fingerprint density at radius 1 is 1.38 bits per heavy atom. The molecule has 0 radical (unpaired) electrons. The number of aryl methyl sites for hydroxylation is 1. The molecule has 0 aliphatic rings. The van der Waals surface area contributed by atoms with Gasteiger partial charge < -0.3 is 15.8 Å². The number of hydrogen-bond donors (Lipinski definition) is 2. The summed E-state index contributed by atoms with van der Waals surface area (Å²) in [5.41, 5.74) is 8.98. The number of nitrogens with two attached hydrogens (primary N) is 1. The van der Waals surface area contributed by atoms with Crippen molar-refractivity contribution < 1.29 is 5.21 Å². The van der Waals surface area contributed by atoms with Gasteiger partial charge in [0.05, 0.1) is 12.2 Å². The number of pyridine rings is 2. The molecule has 0 fully saturated rings. The second kappa shape index (κ2) is 6.69. The van der Waals surface area contributed by atoms with E-state index >= 15 is 0 Å². The van der Waals surface area contributed by atoms with E-state index < -0.39 is 0 Å². The standard InChI is InChI=1S/C15H19N5O/c1-3-20(10-12-6-4-5-11(2)18-12)13-7-8-17-14(9-13)15(16)19-21/h4-9,21H,3,10H2,1-2H3,(H2,16,19). The van der Waals surface area contributed by atoms with Gasteiger partial charge in [0.25, 0.3) is 0 Å². The van der Waals surface area contributed by atoms with E-state index in [-0.39, 0.29) is 5.84 Å². The van der Waals surface area contributed by atoms with Gasteiger partial charge >= 0.3 is 0 Å². The second-order valence-electron chi connectivity index (χ2n) is 4.67. The van der Waals surface area contributed by atoms with Crippen LogP contribution in [0.5, 0.6) is 0 Å². The van der Waals surface area contributed by atoms with Crippen LogP contribution in [0.4, 0.5) is 5.69 Å². The van der Waals surface area contributed by atoms with Crippen LogP contribution >= 0.6 is 0 Å². The molecule has 6 heteroatoms. The predicted molar refractivity (Wildman–Crippen MR) is 82.4 cm³/mol. The van der Waals surface area contributed by atoms with Gasteiger partial charge in [-0.25, -0.2) is 0 Å². The van der Waals surface area contributed by atoms with Crippen LogP contribution < -0.4 is 10.6 Å². The Hall–Kier alpha value is -2.63. The van der Waals surface area contributed by atoms with Crippen LogP contribution in [0.1, 0.15) is 24.0 Å². The molecule has 0 amide bonds. The van der Waals surface area contributed by atoms with Crippen molar-refractivity contribution in [1.82, 2.24) is 9.97 Å². The summed E-state index contributed by atoms with van der Waals surface area (Å²) < 4.78 is 0. The molecule has 6 nitrogen and oxygen atoms in total. The van der Waals surface area contributed by atoms with Crippen molar-refractivity contribution in [2.45, 2.75) is 20.4 Å². The number of oxime groups is 1. The molecule has 0 aliphatic heterocycles. The van der Waals surface area contributed by atoms with Gasteiger partial charge in [-0.3, -0.25) is 9.97 Å².